The number of benzene rings is 1. The molecule has 1 aromatic rings. The Hall–Kier alpha value is -2.10. The monoisotopic (exact) mass is 428 g/mol. The fraction of sp³-hybridized carbons (Fsp3) is 0.550. The Morgan fingerprint density at radius 1 is 0.862 bits per heavy atom. The zero-order chi connectivity index (χ0) is 21.8. The molecule has 0 aliphatic carbocycles. The van der Waals surface area contributed by atoms with Gasteiger partial charge in [-0.25, -0.2) is 9.59 Å². The van der Waals surface area contributed by atoms with Crippen LogP contribution in [0.1, 0.15) is 47.4 Å². The number of hydrogen-bond donors (Lipinski definition) is 3. The summed E-state index contributed by atoms with van der Waals surface area (Å²) in [5, 5.41) is 19.4. The molecule has 0 spiro atoms. The van der Waals surface area contributed by atoms with Crippen LogP contribution in [0.2, 0.25) is 0 Å². The minimum absolute atomic E-state index is 0.0999. The van der Waals surface area contributed by atoms with Gasteiger partial charge in [0.25, 0.3) is 0 Å². The van der Waals surface area contributed by atoms with Gasteiger partial charge in [-0.2, -0.15) is 12.6 Å². The molecule has 0 aromatic heterocycles. The molecule has 0 fully saturated rings. The maximum atomic E-state index is 12.0. The van der Waals surface area contributed by atoms with Crippen LogP contribution >= 0.6 is 12.6 Å². The zero-order valence-electron chi connectivity index (χ0n) is 16.6. The topological polar surface area (TPSA) is 119 Å². The summed E-state index contributed by atoms with van der Waals surface area (Å²) < 4.78 is 14.8. The summed E-state index contributed by atoms with van der Waals surface area (Å²) in [6.45, 7) is 3.19. The van der Waals surface area contributed by atoms with Crippen LogP contribution in [0.4, 0.5) is 0 Å². The molecule has 2 N–H and O–H groups in total. The lowest BCUT2D eigenvalue weighted by atomic mass is 10.1. The van der Waals surface area contributed by atoms with E-state index < -0.39 is 30.1 Å². The van der Waals surface area contributed by atoms with Gasteiger partial charge < -0.3 is 24.4 Å². The van der Waals surface area contributed by atoms with Crippen LogP contribution in [0.15, 0.2) is 24.3 Å². The van der Waals surface area contributed by atoms with Gasteiger partial charge >= 0.3 is 17.9 Å². The van der Waals surface area contributed by atoms with Crippen molar-refractivity contribution in [2.45, 2.75) is 38.9 Å². The molecule has 1 rings (SSSR count). The lowest BCUT2D eigenvalue weighted by Gasteiger charge is -2.13. The summed E-state index contributed by atoms with van der Waals surface area (Å²) in [6.07, 6.45) is -1.22. The van der Waals surface area contributed by atoms with Gasteiger partial charge in [-0.15, -0.1) is 0 Å². The standard InChI is InChI=1S/C20H28O8S/c1-13(2)9-16(21)10-27-19(24)14-3-5-15(6-4-14)20(25)28-12-17(22)11-26-18(23)7-8-29/h3-6,13,16-17,21-22,29H,7-12H2,1-2H3. The molecule has 0 saturated carbocycles. The number of esters is 3. The molecule has 0 radical (unpaired) electrons. The van der Waals surface area contributed by atoms with Crippen molar-refractivity contribution >= 4 is 30.5 Å². The summed E-state index contributed by atoms with van der Waals surface area (Å²) in [7, 11) is 0. The first-order valence-electron chi connectivity index (χ1n) is 9.29. The highest BCUT2D eigenvalue weighted by atomic mass is 32.1. The molecule has 2 atom stereocenters. The summed E-state index contributed by atoms with van der Waals surface area (Å²) in [5.74, 6) is -1.17. The molecule has 0 aliphatic heterocycles. The molecule has 0 aliphatic rings. The molecular weight excluding hydrogens is 400 g/mol. The van der Waals surface area contributed by atoms with Gasteiger partial charge in [-0.1, -0.05) is 13.8 Å². The van der Waals surface area contributed by atoms with E-state index in [0.717, 1.165) is 0 Å². The van der Waals surface area contributed by atoms with E-state index in [1.165, 1.54) is 24.3 Å². The number of aliphatic hydroxyl groups excluding tert-OH is 2. The minimum atomic E-state index is -1.14. The second kappa shape index (κ2) is 13.2. The van der Waals surface area contributed by atoms with Gasteiger partial charge in [0, 0.05) is 5.75 Å². The molecule has 9 heteroatoms. The van der Waals surface area contributed by atoms with E-state index in [-0.39, 0.29) is 43.3 Å². The Bertz CT molecular complexity index is 659. The maximum absolute atomic E-state index is 12.0. The Morgan fingerprint density at radius 2 is 1.31 bits per heavy atom. The third-order valence-corrected chi connectivity index (χ3v) is 3.89. The highest BCUT2D eigenvalue weighted by molar-refractivity contribution is 7.80. The van der Waals surface area contributed by atoms with Gasteiger partial charge in [-0.3, -0.25) is 4.79 Å². The number of carbonyl (C=O) groups is 3. The van der Waals surface area contributed by atoms with Gasteiger partial charge in [0.1, 0.15) is 25.9 Å². The summed E-state index contributed by atoms with van der Waals surface area (Å²) in [5.41, 5.74) is 0.412. The highest BCUT2D eigenvalue weighted by Crippen LogP contribution is 2.10. The van der Waals surface area contributed by atoms with Crippen molar-refractivity contribution in [1.29, 1.82) is 0 Å². The third-order valence-electron chi connectivity index (χ3n) is 3.67. The largest absolute Gasteiger partial charge is 0.463 e. The fourth-order valence-corrected chi connectivity index (χ4v) is 2.45. The number of rotatable bonds is 12. The number of aliphatic hydroxyl groups is 2. The van der Waals surface area contributed by atoms with Crippen molar-refractivity contribution in [3.8, 4) is 0 Å². The van der Waals surface area contributed by atoms with Crippen molar-refractivity contribution in [2.24, 2.45) is 5.92 Å². The van der Waals surface area contributed by atoms with E-state index in [0.29, 0.717) is 12.2 Å². The Morgan fingerprint density at radius 3 is 1.76 bits per heavy atom. The first kappa shape index (κ1) is 24.9. The van der Waals surface area contributed by atoms with E-state index in [2.05, 4.69) is 12.6 Å². The summed E-state index contributed by atoms with van der Waals surface area (Å²) in [4.78, 5) is 35.1. The van der Waals surface area contributed by atoms with Crippen LogP contribution < -0.4 is 0 Å². The van der Waals surface area contributed by atoms with Crippen LogP contribution in [-0.2, 0) is 19.0 Å². The van der Waals surface area contributed by atoms with Crippen molar-refractivity contribution in [1.82, 2.24) is 0 Å². The molecule has 0 saturated heterocycles. The van der Waals surface area contributed by atoms with Crippen molar-refractivity contribution < 1.29 is 38.8 Å². The molecular formula is C20H28O8S. The average Bonchev–Trinajstić information content (AvgIpc) is 2.68. The summed E-state index contributed by atoms with van der Waals surface area (Å²) in [6, 6.07) is 5.60. The Kier molecular flexibility index (Phi) is 11.3. The zero-order valence-corrected chi connectivity index (χ0v) is 17.5. The normalized spacial score (nSPS) is 12.9. The highest BCUT2D eigenvalue weighted by Gasteiger charge is 2.15. The fourth-order valence-electron chi connectivity index (χ4n) is 2.27. The lowest BCUT2D eigenvalue weighted by molar-refractivity contribution is -0.146. The molecule has 29 heavy (non-hydrogen) atoms. The molecule has 1 aromatic carbocycles. The molecule has 0 amide bonds. The van der Waals surface area contributed by atoms with E-state index in [1.807, 2.05) is 13.8 Å². The van der Waals surface area contributed by atoms with Crippen molar-refractivity contribution in [3.05, 3.63) is 35.4 Å². The van der Waals surface area contributed by atoms with Crippen LogP contribution in [0.3, 0.4) is 0 Å². The minimum Gasteiger partial charge on any atom is -0.463 e. The van der Waals surface area contributed by atoms with E-state index in [4.69, 9.17) is 14.2 Å². The Balaban J connectivity index is 2.42. The van der Waals surface area contributed by atoms with Crippen molar-refractivity contribution in [2.75, 3.05) is 25.6 Å². The molecule has 0 bridgehead atoms. The van der Waals surface area contributed by atoms with Crippen LogP contribution in [0.25, 0.3) is 0 Å². The van der Waals surface area contributed by atoms with E-state index in [9.17, 15) is 24.6 Å². The predicted molar refractivity (Wildman–Crippen MR) is 108 cm³/mol. The summed E-state index contributed by atoms with van der Waals surface area (Å²) >= 11 is 3.89. The average molecular weight is 429 g/mol. The SMILES string of the molecule is CC(C)CC(O)COC(=O)c1ccc(C(=O)OCC(O)COC(=O)CCS)cc1. The maximum Gasteiger partial charge on any atom is 0.338 e. The Labute approximate surface area is 175 Å². The second-order valence-electron chi connectivity index (χ2n) is 6.87. The third kappa shape index (κ3) is 10.3. The second-order valence-corrected chi connectivity index (χ2v) is 7.32. The molecule has 0 heterocycles. The molecule has 2 unspecified atom stereocenters. The van der Waals surface area contributed by atoms with Crippen LogP contribution in [-0.4, -0.2) is 65.9 Å². The van der Waals surface area contributed by atoms with Crippen LogP contribution in [0.5, 0.6) is 0 Å². The van der Waals surface area contributed by atoms with Crippen LogP contribution in [0, 0.1) is 5.92 Å². The number of ether oxygens (including phenoxy) is 3. The number of hydrogen-bond acceptors (Lipinski definition) is 9. The van der Waals surface area contributed by atoms with Gasteiger partial charge in [0.2, 0.25) is 0 Å². The first-order valence-corrected chi connectivity index (χ1v) is 9.93. The van der Waals surface area contributed by atoms with Crippen molar-refractivity contribution in [3.63, 3.8) is 0 Å². The van der Waals surface area contributed by atoms with E-state index in [1.54, 1.807) is 0 Å². The predicted octanol–water partition coefficient (Wildman–Crippen LogP) is 1.63. The quantitative estimate of drug-likeness (QED) is 0.261. The first-order chi connectivity index (χ1) is 13.7. The lowest BCUT2D eigenvalue weighted by Crippen LogP contribution is -2.25. The van der Waals surface area contributed by atoms with Gasteiger partial charge in [0.05, 0.1) is 23.7 Å². The number of thiol groups is 1. The van der Waals surface area contributed by atoms with Gasteiger partial charge in [0.15, 0.2) is 0 Å². The number of carbonyl (C=O) groups excluding carboxylic acids is 3. The van der Waals surface area contributed by atoms with E-state index >= 15 is 0 Å². The smallest absolute Gasteiger partial charge is 0.338 e. The molecule has 162 valence electrons. The van der Waals surface area contributed by atoms with Gasteiger partial charge in [-0.05, 0) is 36.6 Å². The molecule has 8 nitrogen and oxygen atoms in total.